The highest BCUT2D eigenvalue weighted by Gasteiger charge is 2.07. The summed E-state index contributed by atoms with van der Waals surface area (Å²) >= 11 is 0. The predicted molar refractivity (Wildman–Crippen MR) is 64.7 cm³/mol. The van der Waals surface area contributed by atoms with Crippen molar-refractivity contribution in [2.24, 2.45) is 5.92 Å². The minimum Gasteiger partial charge on any atom is -0.318 e. The quantitative estimate of drug-likeness (QED) is 0.614. The van der Waals surface area contributed by atoms with Gasteiger partial charge in [0.25, 0.3) is 0 Å². The second-order valence-electron chi connectivity index (χ2n) is 4.30. The largest absolute Gasteiger partial charge is 0.318 e. The molecule has 0 aliphatic rings. The first-order chi connectivity index (χ1) is 6.74. The van der Waals surface area contributed by atoms with Crippen molar-refractivity contribution >= 4 is 0 Å². The molecule has 1 N–H and O–H groups in total. The Morgan fingerprint density at radius 1 is 1.14 bits per heavy atom. The first-order valence-corrected chi connectivity index (χ1v) is 6.11. The van der Waals surface area contributed by atoms with E-state index in [9.17, 15) is 0 Å². The summed E-state index contributed by atoms with van der Waals surface area (Å²) in [6.45, 7) is 11.7. The van der Waals surface area contributed by atoms with Crippen LogP contribution >= 0.6 is 0 Å². The molecule has 0 aromatic rings. The van der Waals surface area contributed by atoms with Crippen molar-refractivity contribution in [2.45, 2.75) is 40.0 Å². The summed E-state index contributed by atoms with van der Waals surface area (Å²) < 4.78 is 0. The van der Waals surface area contributed by atoms with Gasteiger partial charge in [-0.3, -0.25) is 0 Å². The molecule has 0 aromatic heterocycles. The summed E-state index contributed by atoms with van der Waals surface area (Å²) in [7, 11) is 2.03. The Kier molecular flexibility index (Phi) is 9.42. The van der Waals surface area contributed by atoms with Crippen LogP contribution in [0.5, 0.6) is 0 Å². The summed E-state index contributed by atoms with van der Waals surface area (Å²) in [5, 5.41) is 3.22. The average Bonchev–Trinajstić information content (AvgIpc) is 2.15. The zero-order valence-corrected chi connectivity index (χ0v) is 10.5. The second kappa shape index (κ2) is 9.47. The minimum atomic E-state index is 0.850. The van der Waals surface area contributed by atoms with Crippen molar-refractivity contribution in [1.82, 2.24) is 10.2 Å². The van der Waals surface area contributed by atoms with Crippen molar-refractivity contribution in [3.63, 3.8) is 0 Å². The normalized spacial score (nSPS) is 13.5. The maximum Gasteiger partial charge on any atom is 0.0107 e. The third-order valence-electron chi connectivity index (χ3n) is 2.57. The van der Waals surface area contributed by atoms with Gasteiger partial charge in [-0.2, -0.15) is 0 Å². The Labute approximate surface area is 90.1 Å². The smallest absolute Gasteiger partial charge is 0.0107 e. The van der Waals surface area contributed by atoms with Crippen molar-refractivity contribution in [3.8, 4) is 0 Å². The molecule has 1 atom stereocenters. The van der Waals surface area contributed by atoms with Crippen LogP contribution in [0.25, 0.3) is 0 Å². The van der Waals surface area contributed by atoms with Gasteiger partial charge in [-0.05, 0) is 32.4 Å². The molecule has 0 saturated carbocycles. The fraction of sp³-hybridized carbons (Fsp3) is 1.00. The lowest BCUT2D eigenvalue weighted by atomic mass is 10.1. The Morgan fingerprint density at radius 2 is 1.86 bits per heavy atom. The maximum atomic E-state index is 3.22. The number of nitrogens with one attached hydrogen (secondary N) is 1. The molecule has 0 bridgehead atoms. The van der Waals surface area contributed by atoms with E-state index in [0.717, 1.165) is 12.5 Å². The van der Waals surface area contributed by atoms with Crippen molar-refractivity contribution < 1.29 is 0 Å². The Morgan fingerprint density at radius 3 is 2.36 bits per heavy atom. The summed E-state index contributed by atoms with van der Waals surface area (Å²) in [5.41, 5.74) is 0. The molecular weight excluding hydrogens is 172 g/mol. The van der Waals surface area contributed by atoms with Crippen LogP contribution in [0, 0.1) is 5.92 Å². The van der Waals surface area contributed by atoms with E-state index in [-0.39, 0.29) is 0 Å². The van der Waals surface area contributed by atoms with Crippen molar-refractivity contribution in [2.75, 3.05) is 33.2 Å². The number of nitrogens with zero attached hydrogens (tertiary/aromatic N) is 1. The molecule has 0 fully saturated rings. The molecule has 0 radical (unpaired) electrons. The molecule has 0 rings (SSSR count). The molecular formula is C12H28N2. The molecule has 0 saturated heterocycles. The van der Waals surface area contributed by atoms with Crippen LogP contribution in [0.15, 0.2) is 0 Å². The summed E-state index contributed by atoms with van der Waals surface area (Å²) in [5.74, 6) is 0.850. The van der Waals surface area contributed by atoms with Crippen LogP contribution in [0.4, 0.5) is 0 Å². The van der Waals surface area contributed by atoms with Gasteiger partial charge in [-0.25, -0.2) is 0 Å². The first kappa shape index (κ1) is 13.9. The Hall–Kier alpha value is -0.0800. The SMILES string of the molecule is CCCC(C)CN(CCC)CCNC. The van der Waals surface area contributed by atoms with E-state index < -0.39 is 0 Å². The van der Waals surface area contributed by atoms with Gasteiger partial charge < -0.3 is 10.2 Å². The fourth-order valence-corrected chi connectivity index (χ4v) is 1.91. The lowest BCUT2D eigenvalue weighted by Gasteiger charge is -2.25. The van der Waals surface area contributed by atoms with Gasteiger partial charge in [-0.1, -0.05) is 27.2 Å². The standard InChI is InChI=1S/C12H28N2/c1-5-7-12(3)11-14(9-6-2)10-8-13-4/h12-13H,5-11H2,1-4H3. The second-order valence-corrected chi connectivity index (χ2v) is 4.30. The Bertz CT molecular complexity index is 115. The molecule has 1 unspecified atom stereocenters. The zero-order chi connectivity index (χ0) is 10.8. The molecule has 14 heavy (non-hydrogen) atoms. The van der Waals surface area contributed by atoms with E-state index in [2.05, 4.69) is 31.0 Å². The molecule has 86 valence electrons. The van der Waals surface area contributed by atoms with Crippen LogP contribution in [-0.4, -0.2) is 38.1 Å². The number of likely N-dealkylation sites (N-methyl/N-ethyl adjacent to an activating group) is 1. The highest BCUT2D eigenvalue weighted by molar-refractivity contribution is 4.63. The zero-order valence-electron chi connectivity index (χ0n) is 10.5. The van der Waals surface area contributed by atoms with Crippen LogP contribution < -0.4 is 5.32 Å². The third kappa shape index (κ3) is 7.34. The molecule has 0 spiro atoms. The molecule has 0 heterocycles. The number of hydrogen-bond donors (Lipinski definition) is 1. The minimum absolute atomic E-state index is 0.850. The summed E-state index contributed by atoms with van der Waals surface area (Å²) in [6, 6.07) is 0. The van der Waals surface area contributed by atoms with Crippen LogP contribution in [0.1, 0.15) is 40.0 Å². The van der Waals surface area contributed by atoms with Crippen LogP contribution in [0.3, 0.4) is 0 Å². The van der Waals surface area contributed by atoms with E-state index in [1.165, 1.54) is 38.9 Å². The van der Waals surface area contributed by atoms with E-state index in [4.69, 9.17) is 0 Å². The Balaban J connectivity index is 3.69. The van der Waals surface area contributed by atoms with E-state index >= 15 is 0 Å². The lowest BCUT2D eigenvalue weighted by Crippen LogP contribution is -2.34. The number of hydrogen-bond acceptors (Lipinski definition) is 2. The topological polar surface area (TPSA) is 15.3 Å². The van der Waals surface area contributed by atoms with Gasteiger partial charge in [0, 0.05) is 19.6 Å². The van der Waals surface area contributed by atoms with Gasteiger partial charge in [0.05, 0.1) is 0 Å². The van der Waals surface area contributed by atoms with E-state index in [1.807, 2.05) is 7.05 Å². The summed E-state index contributed by atoms with van der Waals surface area (Å²) in [4.78, 5) is 2.58. The van der Waals surface area contributed by atoms with E-state index in [0.29, 0.717) is 0 Å². The van der Waals surface area contributed by atoms with Gasteiger partial charge in [0.2, 0.25) is 0 Å². The van der Waals surface area contributed by atoms with Gasteiger partial charge >= 0.3 is 0 Å². The number of rotatable bonds is 9. The van der Waals surface area contributed by atoms with Crippen molar-refractivity contribution in [3.05, 3.63) is 0 Å². The predicted octanol–water partition coefficient (Wildman–Crippen LogP) is 2.35. The fourth-order valence-electron chi connectivity index (χ4n) is 1.91. The highest BCUT2D eigenvalue weighted by Crippen LogP contribution is 2.07. The van der Waals surface area contributed by atoms with Gasteiger partial charge in [0.1, 0.15) is 0 Å². The third-order valence-corrected chi connectivity index (χ3v) is 2.57. The lowest BCUT2D eigenvalue weighted by molar-refractivity contribution is 0.233. The van der Waals surface area contributed by atoms with Gasteiger partial charge in [-0.15, -0.1) is 0 Å². The van der Waals surface area contributed by atoms with Crippen molar-refractivity contribution in [1.29, 1.82) is 0 Å². The molecule has 2 nitrogen and oxygen atoms in total. The summed E-state index contributed by atoms with van der Waals surface area (Å²) in [6.07, 6.45) is 3.94. The average molecular weight is 200 g/mol. The molecule has 0 aliphatic carbocycles. The van der Waals surface area contributed by atoms with E-state index in [1.54, 1.807) is 0 Å². The highest BCUT2D eigenvalue weighted by atomic mass is 15.1. The molecule has 2 heteroatoms. The monoisotopic (exact) mass is 200 g/mol. The molecule has 0 amide bonds. The van der Waals surface area contributed by atoms with Crippen LogP contribution in [0.2, 0.25) is 0 Å². The van der Waals surface area contributed by atoms with Gasteiger partial charge in [0.15, 0.2) is 0 Å². The maximum absolute atomic E-state index is 3.22. The van der Waals surface area contributed by atoms with Crippen LogP contribution in [-0.2, 0) is 0 Å². The first-order valence-electron chi connectivity index (χ1n) is 6.11. The molecule has 0 aromatic carbocycles. The molecule has 0 aliphatic heterocycles.